The Bertz CT molecular complexity index is 882. The van der Waals surface area contributed by atoms with E-state index in [9.17, 15) is 17.7 Å². The summed E-state index contributed by atoms with van der Waals surface area (Å²) in [5.41, 5.74) is -0.0668. The smallest absolute Gasteiger partial charge is 0.297 e. The fourth-order valence-electron chi connectivity index (χ4n) is 2.88. The predicted octanol–water partition coefficient (Wildman–Crippen LogP) is 5.29. The summed E-state index contributed by atoms with van der Waals surface area (Å²) >= 11 is 0. The van der Waals surface area contributed by atoms with Gasteiger partial charge in [0.05, 0.1) is 5.56 Å². The van der Waals surface area contributed by atoms with Crippen LogP contribution in [0.3, 0.4) is 0 Å². The maximum Gasteiger partial charge on any atom is 0.416 e. The normalized spacial score (nSPS) is 13.3. The lowest BCUT2D eigenvalue weighted by molar-refractivity contribution is -0.137. The van der Waals surface area contributed by atoms with Crippen LogP contribution in [0.25, 0.3) is 0 Å². The van der Waals surface area contributed by atoms with Gasteiger partial charge in [0.15, 0.2) is 0 Å². The van der Waals surface area contributed by atoms with Crippen LogP contribution >= 0.6 is 7.29 Å². The minimum absolute atomic E-state index is 0.404. The monoisotopic (exact) mass is 389 g/mol. The highest BCUT2D eigenvalue weighted by Gasteiger charge is 2.31. The Kier molecular flexibility index (Phi) is 5.54. The van der Waals surface area contributed by atoms with Crippen molar-refractivity contribution in [2.24, 2.45) is 0 Å². The van der Waals surface area contributed by atoms with Gasteiger partial charge in [0.2, 0.25) is 7.29 Å². The number of halogens is 3. The van der Waals surface area contributed by atoms with Crippen LogP contribution in [0.4, 0.5) is 13.2 Å². The number of rotatable bonds is 5. The highest BCUT2D eigenvalue weighted by Crippen LogP contribution is 2.41. The summed E-state index contributed by atoms with van der Waals surface area (Å²) < 4.78 is 52.3. The number of benzene rings is 3. The third-order valence-corrected chi connectivity index (χ3v) is 7.15. The van der Waals surface area contributed by atoms with Crippen LogP contribution in [-0.4, -0.2) is 0 Å². The zero-order chi connectivity index (χ0) is 19.5. The van der Waals surface area contributed by atoms with Crippen molar-refractivity contribution in [3.05, 3.63) is 96.1 Å². The lowest BCUT2D eigenvalue weighted by Crippen LogP contribution is -2.29. The summed E-state index contributed by atoms with van der Waals surface area (Å²) in [6.07, 6.45) is -4.38. The van der Waals surface area contributed by atoms with E-state index in [0.29, 0.717) is 16.2 Å². The van der Waals surface area contributed by atoms with Gasteiger partial charge in [0.25, 0.3) is 0 Å². The molecule has 3 aromatic rings. The van der Waals surface area contributed by atoms with Gasteiger partial charge in [-0.15, -0.1) is 0 Å². The van der Waals surface area contributed by atoms with Crippen molar-refractivity contribution < 1.29 is 17.7 Å². The standard InChI is InChI=1S/C21H19F3NOP/c1-16(17-12-14-18(15-13-17)21(22,23)24)25-27(26,19-8-4-2-5-9-19)20-10-6-3-7-11-20/h2-16H,1H3,(H,25,26). The fourth-order valence-corrected chi connectivity index (χ4v) is 5.36. The molecule has 0 aliphatic heterocycles. The van der Waals surface area contributed by atoms with Crippen LogP contribution in [0.15, 0.2) is 84.9 Å². The molecular weight excluding hydrogens is 370 g/mol. The van der Waals surface area contributed by atoms with Crippen molar-refractivity contribution in [2.75, 3.05) is 0 Å². The average Bonchev–Trinajstić information content (AvgIpc) is 2.68. The van der Waals surface area contributed by atoms with Crippen molar-refractivity contribution in [1.82, 2.24) is 5.09 Å². The van der Waals surface area contributed by atoms with E-state index < -0.39 is 25.1 Å². The van der Waals surface area contributed by atoms with E-state index in [1.54, 1.807) is 31.2 Å². The number of hydrogen-bond donors (Lipinski definition) is 1. The minimum Gasteiger partial charge on any atom is -0.297 e. The first-order valence-corrected chi connectivity index (χ1v) is 10.2. The molecule has 1 atom stereocenters. The zero-order valence-corrected chi connectivity index (χ0v) is 15.5. The Morgan fingerprint density at radius 1 is 0.778 bits per heavy atom. The van der Waals surface area contributed by atoms with Crippen molar-refractivity contribution in [1.29, 1.82) is 0 Å². The molecule has 0 heterocycles. The van der Waals surface area contributed by atoms with Crippen LogP contribution in [0.5, 0.6) is 0 Å². The van der Waals surface area contributed by atoms with Crippen LogP contribution in [0.1, 0.15) is 24.1 Å². The Morgan fingerprint density at radius 3 is 1.63 bits per heavy atom. The highest BCUT2D eigenvalue weighted by atomic mass is 31.2. The molecule has 0 bridgehead atoms. The topological polar surface area (TPSA) is 29.1 Å². The molecule has 0 aliphatic rings. The molecule has 140 valence electrons. The van der Waals surface area contributed by atoms with E-state index in [2.05, 4.69) is 5.09 Å². The van der Waals surface area contributed by atoms with Gasteiger partial charge in [0, 0.05) is 16.7 Å². The molecule has 3 aromatic carbocycles. The van der Waals surface area contributed by atoms with E-state index in [-0.39, 0.29) is 0 Å². The third-order valence-electron chi connectivity index (χ3n) is 4.35. The molecular formula is C21H19F3NOP. The summed E-state index contributed by atoms with van der Waals surface area (Å²) in [7, 11) is -3.16. The maximum absolute atomic E-state index is 13.9. The zero-order valence-electron chi connectivity index (χ0n) is 14.6. The molecule has 1 unspecified atom stereocenters. The van der Waals surface area contributed by atoms with E-state index >= 15 is 0 Å². The summed E-state index contributed by atoms with van der Waals surface area (Å²) in [5.74, 6) is 0. The molecule has 1 N–H and O–H groups in total. The highest BCUT2D eigenvalue weighted by molar-refractivity contribution is 7.76. The van der Waals surface area contributed by atoms with Crippen LogP contribution in [-0.2, 0) is 10.7 Å². The molecule has 27 heavy (non-hydrogen) atoms. The number of alkyl halides is 3. The lowest BCUT2D eigenvalue weighted by Gasteiger charge is -2.25. The van der Waals surface area contributed by atoms with Crippen molar-refractivity contribution in [2.45, 2.75) is 19.1 Å². The van der Waals surface area contributed by atoms with Gasteiger partial charge in [-0.3, -0.25) is 9.65 Å². The minimum atomic E-state index is -4.38. The van der Waals surface area contributed by atoms with E-state index in [1.165, 1.54) is 12.1 Å². The third kappa shape index (κ3) is 4.32. The van der Waals surface area contributed by atoms with Crippen molar-refractivity contribution in [3.63, 3.8) is 0 Å². The molecule has 3 rings (SSSR count). The van der Waals surface area contributed by atoms with Crippen LogP contribution < -0.4 is 15.7 Å². The van der Waals surface area contributed by atoms with Gasteiger partial charge in [0.1, 0.15) is 0 Å². The second-order valence-electron chi connectivity index (χ2n) is 6.25. The molecule has 2 nitrogen and oxygen atoms in total. The van der Waals surface area contributed by atoms with Crippen LogP contribution in [0, 0.1) is 0 Å². The van der Waals surface area contributed by atoms with E-state index in [4.69, 9.17) is 0 Å². The Labute approximate surface area is 156 Å². The van der Waals surface area contributed by atoms with Crippen molar-refractivity contribution in [3.8, 4) is 0 Å². The second kappa shape index (κ2) is 7.71. The van der Waals surface area contributed by atoms with Gasteiger partial charge in [-0.05, 0) is 48.9 Å². The summed E-state index contributed by atoms with van der Waals surface area (Å²) in [5, 5.41) is 4.47. The van der Waals surface area contributed by atoms with Crippen molar-refractivity contribution >= 4 is 17.9 Å². The first kappa shape index (κ1) is 19.4. The number of nitrogens with one attached hydrogen (secondary N) is 1. The predicted molar refractivity (Wildman–Crippen MR) is 103 cm³/mol. The lowest BCUT2D eigenvalue weighted by atomic mass is 10.1. The van der Waals surface area contributed by atoms with Crippen LogP contribution in [0.2, 0.25) is 0 Å². The van der Waals surface area contributed by atoms with Gasteiger partial charge in [-0.1, -0.05) is 48.5 Å². The van der Waals surface area contributed by atoms with Gasteiger partial charge >= 0.3 is 6.18 Å². The fraction of sp³-hybridized carbons (Fsp3) is 0.143. The molecule has 0 saturated carbocycles. The van der Waals surface area contributed by atoms with Gasteiger partial charge in [-0.2, -0.15) is 13.2 Å². The summed E-state index contributed by atoms with van der Waals surface area (Å²) in [6.45, 7) is 1.79. The maximum atomic E-state index is 13.9. The summed E-state index contributed by atoms with van der Waals surface area (Å²) in [6, 6.07) is 22.6. The molecule has 6 heteroatoms. The molecule has 0 saturated heterocycles. The average molecular weight is 389 g/mol. The molecule has 0 spiro atoms. The Hall–Kier alpha value is -2.36. The first-order chi connectivity index (χ1) is 12.8. The molecule has 0 fully saturated rings. The molecule has 0 aromatic heterocycles. The summed E-state index contributed by atoms with van der Waals surface area (Å²) in [4.78, 5) is 0. The first-order valence-electron chi connectivity index (χ1n) is 8.47. The molecule has 0 amide bonds. The molecule has 0 radical (unpaired) electrons. The number of hydrogen-bond acceptors (Lipinski definition) is 1. The van der Waals surface area contributed by atoms with E-state index in [1.807, 2.05) is 36.4 Å². The Morgan fingerprint density at radius 2 is 1.22 bits per heavy atom. The SMILES string of the molecule is CC(NP(=O)(c1ccccc1)c1ccccc1)c1ccc(C(F)(F)F)cc1. The Balaban J connectivity index is 1.94. The van der Waals surface area contributed by atoms with E-state index in [0.717, 1.165) is 12.1 Å². The molecule has 0 aliphatic carbocycles. The van der Waals surface area contributed by atoms with Gasteiger partial charge < -0.3 is 0 Å². The van der Waals surface area contributed by atoms with Gasteiger partial charge in [-0.25, -0.2) is 0 Å². The quantitative estimate of drug-likeness (QED) is 0.601. The largest absolute Gasteiger partial charge is 0.416 e. The second-order valence-corrected chi connectivity index (χ2v) is 8.76.